The van der Waals surface area contributed by atoms with Crippen molar-refractivity contribution < 1.29 is 4.74 Å². The van der Waals surface area contributed by atoms with Crippen molar-refractivity contribution in [3.63, 3.8) is 0 Å². The molecular weight excluding hydrogens is 162 g/mol. The fraction of sp³-hybridized carbons (Fsp3) is 0.364. The Morgan fingerprint density at radius 2 is 2.15 bits per heavy atom. The van der Waals surface area contributed by atoms with Crippen LogP contribution in [-0.2, 0) is 4.74 Å². The maximum absolute atomic E-state index is 8.95. The van der Waals surface area contributed by atoms with Crippen LogP contribution in [0, 0.1) is 11.3 Å². The second-order valence-corrected chi connectivity index (χ2v) is 3.28. The first kappa shape index (κ1) is 8.28. The van der Waals surface area contributed by atoms with E-state index in [0.717, 1.165) is 18.6 Å². The summed E-state index contributed by atoms with van der Waals surface area (Å²) in [6, 6.07) is 12.2. The van der Waals surface area contributed by atoms with Gasteiger partial charge >= 0.3 is 0 Å². The third-order valence-corrected chi connectivity index (χ3v) is 2.26. The van der Waals surface area contributed by atoms with Crippen LogP contribution in [0.25, 0.3) is 0 Å². The van der Waals surface area contributed by atoms with Gasteiger partial charge in [-0.1, -0.05) is 30.3 Å². The topological polar surface area (TPSA) is 36.3 Å². The standard InChI is InChI=1S/C11H11NO/c12-7-10(6-11-8-13-11)9-4-2-1-3-5-9/h1-5,10-11H,6,8H2/t10?,11-/m1/s1. The Morgan fingerprint density at radius 1 is 1.46 bits per heavy atom. The van der Waals surface area contributed by atoms with E-state index in [9.17, 15) is 0 Å². The third-order valence-electron chi connectivity index (χ3n) is 2.26. The van der Waals surface area contributed by atoms with E-state index in [4.69, 9.17) is 10.00 Å². The zero-order valence-electron chi connectivity index (χ0n) is 7.31. The van der Waals surface area contributed by atoms with Gasteiger partial charge in [0.25, 0.3) is 0 Å². The molecule has 1 fully saturated rings. The van der Waals surface area contributed by atoms with Gasteiger partial charge < -0.3 is 4.74 Å². The minimum Gasteiger partial charge on any atom is -0.373 e. The summed E-state index contributed by atoms with van der Waals surface area (Å²) in [5.41, 5.74) is 1.10. The van der Waals surface area contributed by atoms with Crippen molar-refractivity contribution in [1.82, 2.24) is 0 Å². The zero-order chi connectivity index (χ0) is 9.10. The van der Waals surface area contributed by atoms with E-state index in [1.54, 1.807) is 0 Å². The fourth-order valence-corrected chi connectivity index (χ4v) is 1.42. The Hall–Kier alpha value is -1.33. The average Bonchev–Trinajstić information content (AvgIpc) is 2.99. The van der Waals surface area contributed by atoms with Gasteiger partial charge in [-0.3, -0.25) is 0 Å². The Kier molecular flexibility index (Phi) is 2.29. The van der Waals surface area contributed by atoms with E-state index >= 15 is 0 Å². The quantitative estimate of drug-likeness (QED) is 0.656. The van der Waals surface area contributed by atoms with Gasteiger partial charge in [0.1, 0.15) is 0 Å². The van der Waals surface area contributed by atoms with Crippen LogP contribution in [0.4, 0.5) is 0 Å². The van der Waals surface area contributed by atoms with Gasteiger partial charge in [-0.15, -0.1) is 0 Å². The molecule has 2 atom stereocenters. The summed E-state index contributed by atoms with van der Waals surface area (Å²) < 4.78 is 5.11. The summed E-state index contributed by atoms with van der Waals surface area (Å²) in [5, 5.41) is 8.95. The minimum absolute atomic E-state index is 0.00583. The highest BCUT2D eigenvalue weighted by Crippen LogP contribution is 2.26. The summed E-state index contributed by atoms with van der Waals surface area (Å²) in [5.74, 6) is -0.00583. The van der Waals surface area contributed by atoms with Crippen LogP contribution in [-0.4, -0.2) is 12.7 Å². The molecule has 0 saturated carbocycles. The van der Waals surface area contributed by atoms with Crippen molar-refractivity contribution in [1.29, 1.82) is 5.26 Å². The molecule has 2 heteroatoms. The third kappa shape index (κ3) is 2.07. The van der Waals surface area contributed by atoms with Crippen LogP contribution in [0.5, 0.6) is 0 Å². The molecule has 2 rings (SSSR count). The molecule has 1 saturated heterocycles. The largest absolute Gasteiger partial charge is 0.373 e. The maximum Gasteiger partial charge on any atom is 0.0825 e. The van der Waals surface area contributed by atoms with Crippen molar-refractivity contribution in [2.45, 2.75) is 18.4 Å². The summed E-state index contributed by atoms with van der Waals surface area (Å²) in [6.07, 6.45) is 1.16. The van der Waals surface area contributed by atoms with Crippen molar-refractivity contribution in [2.75, 3.05) is 6.61 Å². The predicted molar refractivity (Wildman–Crippen MR) is 49.2 cm³/mol. The van der Waals surface area contributed by atoms with E-state index in [0.29, 0.717) is 6.10 Å². The summed E-state index contributed by atoms with van der Waals surface area (Å²) in [7, 11) is 0. The van der Waals surface area contributed by atoms with Crippen LogP contribution in [0.1, 0.15) is 17.9 Å². The summed E-state index contributed by atoms with van der Waals surface area (Å²) in [4.78, 5) is 0. The number of ether oxygens (including phenoxy) is 1. The van der Waals surface area contributed by atoms with Crippen LogP contribution in [0.3, 0.4) is 0 Å². The fourth-order valence-electron chi connectivity index (χ4n) is 1.42. The van der Waals surface area contributed by atoms with Crippen LogP contribution in [0.15, 0.2) is 30.3 Å². The zero-order valence-corrected chi connectivity index (χ0v) is 7.31. The number of hydrogen-bond acceptors (Lipinski definition) is 2. The lowest BCUT2D eigenvalue weighted by molar-refractivity contribution is 0.391. The molecule has 1 aliphatic heterocycles. The van der Waals surface area contributed by atoms with E-state index < -0.39 is 0 Å². The molecule has 1 heterocycles. The first-order valence-corrected chi connectivity index (χ1v) is 4.46. The van der Waals surface area contributed by atoms with Crippen molar-refractivity contribution >= 4 is 0 Å². The molecule has 0 aromatic heterocycles. The van der Waals surface area contributed by atoms with Gasteiger partial charge in [-0.25, -0.2) is 0 Å². The second kappa shape index (κ2) is 3.59. The summed E-state index contributed by atoms with van der Waals surface area (Å²) in [6.45, 7) is 0.824. The monoisotopic (exact) mass is 173 g/mol. The number of nitriles is 1. The molecule has 13 heavy (non-hydrogen) atoms. The lowest BCUT2D eigenvalue weighted by atomic mass is 9.96. The lowest BCUT2D eigenvalue weighted by Gasteiger charge is -2.06. The van der Waals surface area contributed by atoms with Gasteiger partial charge in [-0.05, 0) is 12.0 Å². The van der Waals surface area contributed by atoms with Crippen molar-refractivity contribution in [2.24, 2.45) is 0 Å². The van der Waals surface area contributed by atoms with Gasteiger partial charge in [0.15, 0.2) is 0 Å². The SMILES string of the molecule is N#CC(C[C@@H]1CO1)c1ccccc1. The number of hydrogen-bond donors (Lipinski definition) is 0. The Balaban J connectivity index is 2.08. The molecule has 0 N–H and O–H groups in total. The Labute approximate surface area is 77.8 Å². The molecule has 1 aromatic carbocycles. The minimum atomic E-state index is -0.00583. The highest BCUT2D eigenvalue weighted by molar-refractivity contribution is 5.24. The molecular formula is C11H11NO. The smallest absolute Gasteiger partial charge is 0.0825 e. The lowest BCUT2D eigenvalue weighted by Crippen LogP contribution is -1.99. The molecule has 66 valence electrons. The first-order valence-electron chi connectivity index (χ1n) is 4.46. The number of rotatable bonds is 3. The van der Waals surface area contributed by atoms with E-state index in [1.807, 2.05) is 30.3 Å². The molecule has 0 radical (unpaired) electrons. The predicted octanol–water partition coefficient (Wildman–Crippen LogP) is 2.08. The number of benzene rings is 1. The molecule has 2 nitrogen and oxygen atoms in total. The normalized spacial score (nSPS) is 21.9. The van der Waals surface area contributed by atoms with Crippen molar-refractivity contribution in [3.8, 4) is 6.07 Å². The first-order chi connectivity index (χ1) is 6.40. The van der Waals surface area contributed by atoms with Crippen LogP contribution in [0.2, 0.25) is 0 Å². The van der Waals surface area contributed by atoms with E-state index in [2.05, 4.69) is 6.07 Å². The molecule has 1 unspecified atom stereocenters. The highest BCUT2D eigenvalue weighted by Gasteiger charge is 2.27. The number of epoxide rings is 1. The maximum atomic E-state index is 8.95. The molecule has 1 aliphatic rings. The molecule has 0 amide bonds. The van der Waals surface area contributed by atoms with Gasteiger partial charge in [-0.2, -0.15) is 5.26 Å². The summed E-state index contributed by atoms with van der Waals surface area (Å²) >= 11 is 0. The van der Waals surface area contributed by atoms with Crippen LogP contribution >= 0.6 is 0 Å². The van der Waals surface area contributed by atoms with E-state index in [-0.39, 0.29) is 5.92 Å². The molecule has 1 aromatic rings. The highest BCUT2D eigenvalue weighted by atomic mass is 16.6. The Bertz CT molecular complexity index is 311. The van der Waals surface area contributed by atoms with Gasteiger partial charge in [0.2, 0.25) is 0 Å². The van der Waals surface area contributed by atoms with E-state index in [1.165, 1.54) is 0 Å². The number of nitrogens with zero attached hydrogens (tertiary/aromatic N) is 1. The van der Waals surface area contributed by atoms with Gasteiger partial charge in [0, 0.05) is 0 Å². The van der Waals surface area contributed by atoms with Crippen LogP contribution < -0.4 is 0 Å². The second-order valence-electron chi connectivity index (χ2n) is 3.28. The van der Waals surface area contributed by atoms with Crippen molar-refractivity contribution in [3.05, 3.63) is 35.9 Å². The average molecular weight is 173 g/mol. The molecule has 0 bridgehead atoms. The molecule has 0 aliphatic carbocycles. The Morgan fingerprint density at radius 3 is 2.69 bits per heavy atom. The molecule has 0 spiro atoms. The van der Waals surface area contributed by atoms with Gasteiger partial charge in [0.05, 0.1) is 24.7 Å².